The fourth-order valence-corrected chi connectivity index (χ4v) is 3.41. The van der Waals surface area contributed by atoms with Crippen LogP contribution in [-0.4, -0.2) is 29.2 Å². The summed E-state index contributed by atoms with van der Waals surface area (Å²) in [7, 11) is 1.92. The molecule has 2 aromatic carbocycles. The van der Waals surface area contributed by atoms with Crippen molar-refractivity contribution in [3.63, 3.8) is 0 Å². The monoisotopic (exact) mass is 428 g/mol. The van der Waals surface area contributed by atoms with E-state index < -0.39 is 5.82 Å². The molecule has 5 nitrogen and oxygen atoms in total. The fraction of sp³-hybridized carbons (Fsp3) is 0.190. The first-order valence-corrected chi connectivity index (χ1v) is 9.96. The van der Waals surface area contributed by atoms with Gasteiger partial charge in [0.05, 0.1) is 17.0 Å². The molecule has 1 heterocycles. The van der Waals surface area contributed by atoms with Gasteiger partial charge in [-0.25, -0.2) is 9.38 Å². The van der Waals surface area contributed by atoms with E-state index in [2.05, 4.69) is 15.4 Å². The topological polar surface area (TPSA) is 61.5 Å². The summed E-state index contributed by atoms with van der Waals surface area (Å²) in [4.78, 5) is 6.31. The minimum atomic E-state index is -0.445. The largest absolute Gasteiger partial charge is 0.443 e. The van der Waals surface area contributed by atoms with Gasteiger partial charge in [-0.3, -0.25) is 0 Å². The third-order valence-electron chi connectivity index (χ3n) is 4.24. The van der Waals surface area contributed by atoms with Crippen LogP contribution in [0.4, 0.5) is 10.1 Å². The van der Waals surface area contributed by atoms with Gasteiger partial charge in [0.15, 0.2) is 0 Å². The van der Waals surface area contributed by atoms with E-state index in [9.17, 15) is 9.65 Å². The van der Waals surface area contributed by atoms with Crippen LogP contribution in [0.5, 0.6) is 10.8 Å². The summed E-state index contributed by atoms with van der Waals surface area (Å²) in [6.07, 6.45) is 1.71. The number of hydrogen-bond donors (Lipinski definition) is 0. The Morgan fingerprint density at radius 2 is 2.14 bits per heavy atom. The van der Waals surface area contributed by atoms with Gasteiger partial charge in [0, 0.05) is 36.8 Å². The second-order valence-electron chi connectivity index (χ2n) is 6.27. The Balaban J connectivity index is 1.93. The van der Waals surface area contributed by atoms with Gasteiger partial charge in [-0.1, -0.05) is 23.7 Å². The zero-order valence-corrected chi connectivity index (χ0v) is 17.7. The van der Waals surface area contributed by atoms with Crippen LogP contribution in [0.1, 0.15) is 18.1 Å². The van der Waals surface area contributed by atoms with Gasteiger partial charge in [0.1, 0.15) is 28.9 Å². The maximum Gasteiger partial charge on any atom is 0.218 e. The van der Waals surface area contributed by atoms with Crippen molar-refractivity contribution in [1.29, 1.82) is 5.26 Å². The molecule has 3 rings (SSSR count). The second-order valence-corrected chi connectivity index (χ2v) is 7.42. The number of hydrogen-bond acceptors (Lipinski definition) is 5. The Kier molecular flexibility index (Phi) is 6.47. The summed E-state index contributed by atoms with van der Waals surface area (Å²) in [6.45, 7) is 4.71. The van der Waals surface area contributed by atoms with Crippen LogP contribution >= 0.6 is 23.1 Å². The molecule has 0 saturated heterocycles. The average molecular weight is 429 g/mol. The molecular formula is C21H18ClFN4OS. The van der Waals surface area contributed by atoms with Gasteiger partial charge < -0.3 is 9.64 Å². The van der Waals surface area contributed by atoms with Crippen LogP contribution in [-0.2, 0) is 0 Å². The maximum absolute atomic E-state index is 14.1. The molecule has 0 spiro atoms. The van der Waals surface area contributed by atoms with Crippen LogP contribution in [0.15, 0.2) is 41.4 Å². The van der Waals surface area contributed by atoms with E-state index in [4.69, 9.17) is 16.3 Å². The molecule has 0 amide bonds. The first-order chi connectivity index (χ1) is 13.9. The summed E-state index contributed by atoms with van der Waals surface area (Å²) in [5, 5.41) is 10.3. The molecule has 0 aliphatic carbocycles. The van der Waals surface area contributed by atoms with Crippen molar-refractivity contribution in [3.8, 4) is 28.1 Å². The highest BCUT2D eigenvalue weighted by atomic mass is 35.5. The highest BCUT2D eigenvalue weighted by Crippen LogP contribution is 2.40. The summed E-state index contributed by atoms with van der Waals surface area (Å²) >= 11 is 7.34. The zero-order chi connectivity index (χ0) is 21.0. The highest BCUT2D eigenvalue weighted by molar-refractivity contribution is 7.08. The van der Waals surface area contributed by atoms with Crippen molar-refractivity contribution in [1.82, 2.24) is 9.27 Å². The fourth-order valence-electron chi connectivity index (χ4n) is 2.48. The van der Waals surface area contributed by atoms with Crippen LogP contribution in [0.3, 0.4) is 0 Å². The lowest BCUT2D eigenvalue weighted by Crippen LogP contribution is -2.14. The van der Waals surface area contributed by atoms with Gasteiger partial charge in [0.25, 0.3) is 0 Å². The maximum atomic E-state index is 14.1. The molecular weight excluding hydrogens is 411 g/mol. The number of nitriles is 1. The first-order valence-electron chi connectivity index (χ1n) is 8.81. The van der Waals surface area contributed by atoms with Crippen molar-refractivity contribution < 1.29 is 9.13 Å². The lowest BCUT2D eigenvalue weighted by atomic mass is 10.1. The standard InChI is InChI=1S/C21H18ClFN4OS/c1-4-27(3)12-25-18-9-13(2)19(10-16(18)22)28-21-15(11-24)20(26-29-21)14-7-5-6-8-17(14)23/h5-10,12H,4H2,1-3H3. The van der Waals surface area contributed by atoms with Crippen LogP contribution < -0.4 is 4.74 Å². The van der Waals surface area contributed by atoms with Crippen LogP contribution in [0.2, 0.25) is 5.02 Å². The molecule has 0 unspecified atom stereocenters. The Morgan fingerprint density at radius 3 is 2.83 bits per heavy atom. The number of aliphatic imine (C=N–C) groups is 1. The van der Waals surface area contributed by atoms with Crippen molar-refractivity contribution >= 4 is 35.2 Å². The molecule has 3 aromatic rings. The Morgan fingerprint density at radius 1 is 1.38 bits per heavy atom. The molecule has 0 saturated carbocycles. The number of aryl methyl sites for hydroxylation is 1. The molecule has 148 valence electrons. The van der Waals surface area contributed by atoms with Gasteiger partial charge >= 0.3 is 0 Å². The molecule has 8 heteroatoms. The van der Waals surface area contributed by atoms with E-state index >= 15 is 0 Å². The Labute approximate surface area is 177 Å². The predicted octanol–water partition coefficient (Wildman–Crippen LogP) is 6.19. The van der Waals surface area contributed by atoms with Gasteiger partial charge in [0.2, 0.25) is 5.06 Å². The number of halogens is 2. The number of ether oxygens (including phenoxy) is 1. The smallest absolute Gasteiger partial charge is 0.218 e. The molecule has 0 aliphatic heterocycles. The number of benzene rings is 2. The van der Waals surface area contributed by atoms with Crippen molar-refractivity contribution in [3.05, 3.63) is 58.4 Å². The molecule has 0 bridgehead atoms. The minimum absolute atomic E-state index is 0.183. The lowest BCUT2D eigenvalue weighted by molar-refractivity contribution is 0.491. The summed E-state index contributed by atoms with van der Waals surface area (Å²) in [6, 6.07) is 11.7. The number of aromatic nitrogens is 1. The second kappa shape index (κ2) is 9.03. The van der Waals surface area contributed by atoms with Crippen LogP contribution in [0, 0.1) is 24.1 Å². The molecule has 0 N–H and O–H groups in total. The summed E-state index contributed by atoms with van der Waals surface area (Å²) in [5.74, 6) is 0.0392. The first kappa shape index (κ1) is 20.8. The molecule has 0 radical (unpaired) electrons. The van der Waals surface area contributed by atoms with Crippen molar-refractivity contribution in [2.75, 3.05) is 13.6 Å². The van der Waals surface area contributed by atoms with Gasteiger partial charge in [-0.15, -0.1) is 0 Å². The molecule has 0 fully saturated rings. The quantitative estimate of drug-likeness (QED) is 0.347. The molecule has 29 heavy (non-hydrogen) atoms. The minimum Gasteiger partial charge on any atom is -0.443 e. The predicted molar refractivity (Wildman–Crippen MR) is 115 cm³/mol. The normalized spacial score (nSPS) is 10.9. The Hall–Kier alpha value is -2.95. The molecule has 1 aromatic heterocycles. The van der Waals surface area contributed by atoms with E-state index in [-0.39, 0.29) is 21.9 Å². The number of nitrogens with zero attached hydrogens (tertiary/aromatic N) is 4. The van der Waals surface area contributed by atoms with E-state index in [1.54, 1.807) is 30.6 Å². The lowest BCUT2D eigenvalue weighted by Gasteiger charge is -2.11. The van der Waals surface area contributed by atoms with Crippen LogP contribution in [0.25, 0.3) is 11.3 Å². The third kappa shape index (κ3) is 4.56. The van der Waals surface area contributed by atoms with E-state index in [1.165, 1.54) is 6.07 Å². The summed E-state index contributed by atoms with van der Waals surface area (Å²) in [5.41, 5.74) is 2.12. The van der Waals surface area contributed by atoms with Crippen molar-refractivity contribution in [2.24, 2.45) is 4.99 Å². The Bertz CT molecular complexity index is 1110. The van der Waals surface area contributed by atoms with Gasteiger partial charge in [-0.05, 0) is 37.6 Å². The van der Waals surface area contributed by atoms with E-state index in [1.807, 2.05) is 31.9 Å². The van der Waals surface area contributed by atoms with Crippen molar-refractivity contribution in [2.45, 2.75) is 13.8 Å². The van der Waals surface area contributed by atoms with E-state index in [0.717, 1.165) is 23.6 Å². The zero-order valence-electron chi connectivity index (χ0n) is 16.1. The SMILES string of the molecule is CCN(C)C=Nc1cc(C)c(Oc2snc(-c3ccccc3F)c2C#N)cc1Cl. The average Bonchev–Trinajstić information content (AvgIpc) is 3.11. The molecule has 0 atom stereocenters. The number of rotatable bonds is 6. The molecule has 0 aliphatic rings. The summed E-state index contributed by atoms with van der Waals surface area (Å²) < 4.78 is 24.3. The third-order valence-corrected chi connectivity index (χ3v) is 5.27. The van der Waals surface area contributed by atoms with E-state index in [0.29, 0.717) is 16.5 Å². The highest BCUT2D eigenvalue weighted by Gasteiger charge is 2.20. The van der Waals surface area contributed by atoms with Gasteiger partial charge in [-0.2, -0.15) is 9.64 Å².